The molecule has 0 radical (unpaired) electrons. The largest absolute Gasteiger partial charge is 0.330 e. The first-order chi connectivity index (χ1) is 6.40. The maximum Gasteiger partial charge on any atom is 0.194 e. The molecule has 0 amide bonds. The van der Waals surface area contributed by atoms with Gasteiger partial charge in [-0.1, -0.05) is 19.9 Å². The summed E-state index contributed by atoms with van der Waals surface area (Å²) in [7, 11) is 0. The number of benzene rings is 1. The molecule has 2 N–H and O–H groups in total. The molecule has 0 aliphatic heterocycles. The second kappa shape index (κ2) is 3.61. The van der Waals surface area contributed by atoms with Crippen LogP contribution in [0.1, 0.15) is 19.4 Å². The van der Waals surface area contributed by atoms with Gasteiger partial charge in [0.2, 0.25) is 0 Å². The fraction of sp³-hybridized carbons (Fsp3) is 0.400. The van der Waals surface area contributed by atoms with Gasteiger partial charge in [-0.25, -0.2) is 13.2 Å². The van der Waals surface area contributed by atoms with Crippen molar-refractivity contribution in [3.8, 4) is 0 Å². The molecule has 0 spiro atoms. The molecule has 0 atom stereocenters. The van der Waals surface area contributed by atoms with Gasteiger partial charge in [-0.3, -0.25) is 0 Å². The summed E-state index contributed by atoms with van der Waals surface area (Å²) in [6, 6.07) is 2.13. The van der Waals surface area contributed by atoms with Crippen molar-refractivity contribution < 1.29 is 13.2 Å². The molecule has 1 rings (SSSR count). The fourth-order valence-corrected chi connectivity index (χ4v) is 1.16. The molecule has 0 saturated carbocycles. The lowest BCUT2D eigenvalue weighted by Gasteiger charge is -2.23. The van der Waals surface area contributed by atoms with Gasteiger partial charge in [0, 0.05) is 12.0 Å². The molecule has 4 heteroatoms. The number of hydrogen-bond acceptors (Lipinski definition) is 1. The Morgan fingerprint density at radius 3 is 2.21 bits per heavy atom. The van der Waals surface area contributed by atoms with Crippen molar-refractivity contribution in [2.75, 3.05) is 6.54 Å². The van der Waals surface area contributed by atoms with E-state index < -0.39 is 22.9 Å². The van der Waals surface area contributed by atoms with Crippen LogP contribution >= 0.6 is 0 Å². The molecule has 0 saturated heterocycles. The van der Waals surface area contributed by atoms with E-state index in [0.717, 1.165) is 6.07 Å². The standard InChI is InChI=1S/C10H12F3N/c1-10(2,5-14)6-3-4-7(11)9(13)8(6)12/h3-4H,5,14H2,1-2H3. The van der Waals surface area contributed by atoms with Crippen molar-refractivity contribution in [2.45, 2.75) is 19.3 Å². The maximum absolute atomic E-state index is 13.3. The molecule has 0 unspecified atom stereocenters. The molecule has 1 aromatic rings. The molecule has 0 aliphatic rings. The van der Waals surface area contributed by atoms with Crippen LogP contribution in [-0.2, 0) is 5.41 Å². The highest BCUT2D eigenvalue weighted by Crippen LogP contribution is 2.26. The smallest absolute Gasteiger partial charge is 0.194 e. The van der Waals surface area contributed by atoms with E-state index in [4.69, 9.17) is 5.73 Å². The molecule has 0 bridgehead atoms. The van der Waals surface area contributed by atoms with Crippen LogP contribution < -0.4 is 5.73 Å². The first kappa shape index (κ1) is 11.0. The van der Waals surface area contributed by atoms with Crippen LogP contribution in [0.2, 0.25) is 0 Å². The SMILES string of the molecule is CC(C)(CN)c1ccc(F)c(F)c1F. The van der Waals surface area contributed by atoms with Gasteiger partial charge in [0.25, 0.3) is 0 Å². The molecule has 0 heterocycles. The molecular weight excluding hydrogens is 191 g/mol. The summed E-state index contributed by atoms with van der Waals surface area (Å²) in [6.07, 6.45) is 0. The Bertz CT molecular complexity index is 347. The van der Waals surface area contributed by atoms with Crippen molar-refractivity contribution in [1.29, 1.82) is 0 Å². The van der Waals surface area contributed by atoms with Gasteiger partial charge in [-0.2, -0.15) is 0 Å². The monoisotopic (exact) mass is 203 g/mol. The molecule has 0 aromatic heterocycles. The predicted molar refractivity (Wildman–Crippen MR) is 48.4 cm³/mol. The van der Waals surface area contributed by atoms with Crippen LogP contribution in [0.15, 0.2) is 12.1 Å². The molecule has 14 heavy (non-hydrogen) atoms. The van der Waals surface area contributed by atoms with Gasteiger partial charge in [0.15, 0.2) is 17.5 Å². The van der Waals surface area contributed by atoms with E-state index >= 15 is 0 Å². The Labute approximate surface area is 80.7 Å². The highest BCUT2D eigenvalue weighted by molar-refractivity contribution is 5.27. The zero-order valence-electron chi connectivity index (χ0n) is 8.07. The third-order valence-corrected chi connectivity index (χ3v) is 2.27. The minimum absolute atomic E-state index is 0.0962. The summed E-state index contributed by atoms with van der Waals surface area (Å²) in [5.74, 6) is -3.77. The molecule has 0 aliphatic carbocycles. The van der Waals surface area contributed by atoms with Crippen LogP contribution in [0, 0.1) is 17.5 Å². The summed E-state index contributed by atoms with van der Waals surface area (Å²) in [5.41, 5.74) is 4.81. The lowest BCUT2D eigenvalue weighted by molar-refractivity contribution is 0.417. The maximum atomic E-state index is 13.3. The van der Waals surface area contributed by atoms with E-state index in [-0.39, 0.29) is 12.1 Å². The van der Waals surface area contributed by atoms with E-state index in [1.807, 2.05) is 0 Å². The highest BCUT2D eigenvalue weighted by Gasteiger charge is 2.25. The van der Waals surface area contributed by atoms with E-state index in [2.05, 4.69) is 0 Å². The Hall–Kier alpha value is -1.03. The third kappa shape index (κ3) is 1.75. The summed E-state index contributed by atoms with van der Waals surface area (Å²) in [4.78, 5) is 0. The van der Waals surface area contributed by atoms with Crippen molar-refractivity contribution in [3.05, 3.63) is 35.1 Å². The van der Waals surface area contributed by atoms with Gasteiger partial charge >= 0.3 is 0 Å². The number of rotatable bonds is 2. The summed E-state index contributed by atoms with van der Waals surface area (Å²) < 4.78 is 38.7. The van der Waals surface area contributed by atoms with Gasteiger partial charge in [0.05, 0.1) is 0 Å². The summed E-state index contributed by atoms with van der Waals surface area (Å²) in [6.45, 7) is 3.50. The lowest BCUT2D eigenvalue weighted by atomic mass is 9.84. The first-order valence-electron chi connectivity index (χ1n) is 4.24. The average Bonchev–Trinajstić information content (AvgIpc) is 2.14. The van der Waals surface area contributed by atoms with Crippen molar-refractivity contribution >= 4 is 0 Å². The van der Waals surface area contributed by atoms with E-state index in [1.165, 1.54) is 6.07 Å². The molecular formula is C10H12F3N. The van der Waals surface area contributed by atoms with Crippen molar-refractivity contribution in [3.63, 3.8) is 0 Å². The van der Waals surface area contributed by atoms with E-state index in [9.17, 15) is 13.2 Å². The van der Waals surface area contributed by atoms with Crippen molar-refractivity contribution in [1.82, 2.24) is 0 Å². The number of hydrogen-bond donors (Lipinski definition) is 1. The summed E-state index contributed by atoms with van der Waals surface area (Å²) >= 11 is 0. The molecule has 1 nitrogen and oxygen atoms in total. The lowest BCUT2D eigenvalue weighted by Crippen LogP contribution is -2.29. The number of halogens is 3. The molecule has 78 valence electrons. The minimum Gasteiger partial charge on any atom is -0.330 e. The quantitative estimate of drug-likeness (QED) is 0.733. The van der Waals surface area contributed by atoms with Crippen LogP contribution in [0.25, 0.3) is 0 Å². The van der Waals surface area contributed by atoms with Crippen LogP contribution in [-0.4, -0.2) is 6.54 Å². The van der Waals surface area contributed by atoms with Crippen molar-refractivity contribution in [2.24, 2.45) is 5.73 Å². The normalized spacial score (nSPS) is 11.9. The minimum atomic E-state index is -1.44. The van der Waals surface area contributed by atoms with Gasteiger partial charge in [0.1, 0.15) is 0 Å². The predicted octanol–water partition coefficient (Wildman–Crippen LogP) is 2.34. The zero-order chi connectivity index (χ0) is 10.9. The Morgan fingerprint density at radius 1 is 1.14 bits per heavy atom. The second-order valence-electron chi connectivity index (χ2n) is 3.81. The van der Waals surface area contributed by atoms with Gasteiger partial charge in [-0.05, 0) is 11.6 Å². The Kier molecular flexibility index (Phi) is 2.85. The van der Waals surface area contributed by atoms with E-state index in [1.54, 1.807) is 13.8 Å². The first-order valence-corrected chi connectivity index (χ1v) is 4.24. The van der Waals surface area contributed by atoms with Crippen LogP contribution in [0.3, 0.4) is 0 Å². The molecule has 1 aromatic carbocycles. The van der Waals surface area contributed by atoms with Gasteiger partial charge < -0.3 is 5.73 Å². The number of nitrogens with two attached hydrogens (primary N) is 1. The highest BCUT2D eigenvalue weighted by atomic mass is 19.2. The zero-order valence-corrected chi connectivity index (χ0v) is 8.07. The second-order valence-corrected chi connectivity index (χ2v) is 3.81. The van der Waals surface area contributed by atoms with E-state index in [0.29, 0.717) is 0 Å². The Balaban J connectivity index is 3.31. The third-order valence-electron chi connectivity index (χ3n) is 2.27. The fourth-order valence-electron chi connectivity index (χ4n) is 1.16. The topological polar surface area (TPSA) is 26.0 Å². The summed E-state index contributed by atoms with van der Waals surface area (Å²) in [5, 5.41) is 0. The average molecular weight is 203 g/mol. The van der Waals surface area contributed by atoms with Gasteiger partial charge in [-0.15, -0.1) is 0 Å². The van der Waals surface area contributed by atoms with Crippen LogP contribution in [0.4, 0.5) is 13.2 Å². The Morgan fingerprint density at radius 2 is 1.71 bits per heavy atom. The van der Waals surface area contributed by atoms with Crippen LogP contribution in [0.5, 0.6) is 0 Å². The molecule has 0 fully saturated rings.